The number of nitrogens with one attached hydrogen (secondary N) is 1. The van der Waals surface area contributed by atoms with Crippen molar-refractivity contribution in [1.82, 2.24) is 0 Å². The van der Waals surface area contributed by atoms with Gasteiger partial charge in [-0.25, -0.2) is 0 Å². The van der Waals surface area contributed by atoms with E-state index in [0.717, 1.165) is 16.3 Å². The summed E-state index contributed by atoms with van der Waals surface area (Å²) < 4.78 is 0. The Morgan fingerprint density at radius 3 is 2.77 bits per heavy atom. The molecule has 5 heteroatoms. The molecule has 13 heavy (non-hydrogen) atoms. The first-order valence-electron chi connectivity index (χ1n) is 3.57. The van der Waals surface area contributed by atoms with Crippen LogP contribution in [-0.2, 0) is 5.75 Å². The molecule has 0 heterocycles. The number of amidine groups is 1. The monoisotopic (exact) mass is 232 g/mol. The van der Waals surface area contributed by atoms with Gasteiger partial charge in [0.25, 0.3) is 0 Å². The average Bonchev–Trinajstić information content (AvgIpc) is 2.08. The molecule has 70 valence electrons. The van der Waals surface area contributed by atoms with Crippen molar-refractivity contribution in [1.29, 1.82) is 5.41 Å². The SMILES string of the molecule is N=C(N)SSCc1ccccc1Cl. The van der Waals surface area contributed by atoms with E-state index in [2.05, 4.69) is 0 Å². The molecule has 2 nitrogen and oxygen atoms in total. The van der Waals surface area contributed by atoms with Crippen LogP contribution in [-0.4, -0.2) is 5.17 Å². The second-order valence-electron chi connectivity index (χ2n) is 2.30. The van der Waals surface area contributed by atoms with Crippen molar-refractivity contribution in [2.24, 2.45) is 5.73 Å². The Hall–Kier alpha value is -0.320. The smallest absolute Gasteiger partial charge is 0.161 e. The third-order valence-corrected chi connectivity index (χ3v) is 3.66. The highest BCUT2D eigenvalue weighted by atomic mass is 35.5. The second kappa shape index (κ2) is 5.42. The lowest BCUT2D eigenvalue weighted by Crippen LogP contribution is -2.01. The number of hydrogen-bond acceptors (Lipinski definition) is 3. The summed E-state index contributed by atoms with van der Waals surface area (Å²) in [5, 5.41) is 7.89. The van der Waals surface area contributed by atoms with Crippen molar-refractivity contribution in [3.05, 3.63) is 34.9 Å². The van der Waals surface area contributed by atoms with Gasteiger partial charge in [-0.05, 0) is 22.4 Å². The van der Waals surface area contributed by atoms with Gasteiger partial charge in [-0.1, -0.05) is 40.6 Å². The molecule has 1 aromatic rings. The largest absolute Gasteiger partial charge is 0.378 e. The van der Waals surface area contributed by atoms with Crippen LogP contribution in [0.25, 0.3) is 0 Å². The maximum Gasteiger partial charge on any atom is 0.161 e. The van der Waals surface area contributed by atoms with Crippen LogP contribution in [0.1, 0.15) is 5.56 Å². The molecule has 0 radical (unpaired) electrons. The summed E-state index contributed by atoms with van der Waals surface area (Å²) in [5.74, 6) is 0.768. The van der Waals surface area contributed by atoms with Crippen molar-refractivity contribution in [3.8, 4) is 0 Å². The quantitative estimate of drug-likeness (QED) is 0.478. The maximum atomic E-state index is 7.00. The Balaban J connectivity index is 2.45. The van der Waals surface area contributed by atoms with Gasteiger partial charge in [0.15, 0.2) is 5.17 Å². The van der Waals surface area contributed by atoms with E-state index in [9.17, 15) is 0 Å². The molecule has 0 unspecified atom stereocenters. The predicted molar refractivity (Wildman–Crippen MR) is 62.3 cm³/mol. The third kappa shape index (κ3) is 3.93. The van der Waals surface area contributed by atoms with Crippen molar-refractivity contribution >= 4 is 38.4 Å². The van der Waals surface area contributed by atoms with Crippen LogP contribution in [0.2, 0.25) is 5.02 Å². The van der Waals surface area contributed by atoms with Gasteiger partial charge in [-0.15, -0.1) is 0 Å². The molecule has 0 aliphatic carbocycles. The number of rotatable bonds is 3. The van der Waals surface area contributed by atoms with E-state index < -0.39 is 0 Å². The summed E-state index contributed by atoms with van der Waals surface area (Å²) in [7, 11) is 2.77. The van der Waals surface area contributed by atoms with Crippen LogP contribution in [0, 0.1) is 5.41 Å². The standard InChI is InChI=1S/C8H9ClN2S2/c9-7-4-2-1-3-6(7)5-12-13-8(10)11/h1-4H,5H2,(H3,10,11). The first kappa shape index (κ1) is 10.8. The van der Waals surface area contributed by atoms with Gasteiger partial charge in [0.05, 0.1) is 0 Å². The minimum absolute atomic E-state index is 0.122. The molecule has 0 aromatic heterocycles. The molecule has 0 atom stereocenters. The summed E-state index contributed by atoms with van der Waals surface area (Å²) in [6.07, 6.45) is 0. The molecule has 0 amide bonds. The lowest BCUT2D eigenvalue weighted by Gasteiger charge is -2.01. The van der Waals surface area contributed by atoms with Gasteiger partial charge >= 0.3 is 0 Å². The molecule has 0 spiro atoms. The summed E-state index contributed by atoms with van der Waals surface area (Å²) >= 11 is 5.93. The van der Waals surface area contributed by atoms with Gasteiger partial charge in [0.2, 0.25) is 0 Å². The molecule has 1 aromatic carbocycles. The van der Waals surface area contributed by atoms with Gasteiger partial charge in [0.1, 0.15) is 0 Å². The zero-order valence-electron chi connectivity index (χ0n) is 6.79. The predicted octanol–water partition coefficient (Wildman–Crippen LogP) is 3.11. The molecule has 0 aliphatic rings. The third-order valence-electron chi connectivity index (χ3n) is 1.32. The fraction of sp³-hybridized carbons (Fsp3) is 0.125. The normalized spacial score (nSPS) is 9.92. The summed E-state index contributed by atoms with van der Waals surface area (Å²) in [4.78, 5) is 0. The number of hydrogen-bond donors (Lipinski definition) is 2. The molecule has 1 rings (SSSR count). The first-order chi connectivity index (χ1) is 6.20. The van der Waals surface area contributed by atoms with E-state index >= 15 is 0 Å². The van der Waals surface area contributed by atoms with Crippen molar-refractivity contribution in [2.75, 3.05) is 0 Å². The lowest BCUT2D eigenvalue weighted by molar-refractivity contribution is 1.43. The van der Waals surface area contributed by atoms with E-state index in [1.807, 2.05) is 24.3 Å². The average molecular weight is 233 g/mol. The highest BCUT2D eigenvalue weighted by Crippen LogP contribution is 2.28. The minimum Gasteiger partial charge on any atom is -0.378 e. The fourth-order valence-electron chi connectivity index (χ4n) is 0.772. The zero-order valence-corrected chi connectivity index (χ0v) is 9.18. The van der Waals surface area contributed by atoms with E-state index in [1.165, 1.54) is 21.6 Å². The first-order valence-corrected chi connectivity index (χ1v) is 6.26. The Morgan fingerprint density at radius 1 is 1.46 bits per heavy atom. The highest BCUT2D eigenvalue weighted by Gasteiger charge is 1.99. The van der Waals surface area contributed by atoms with Crippen LogP contribution < -0.4 is 5.73 Å². The van der Waals surface area contributed by atoms with Crippen molar-refractivity contribution < 1.29 is 0 Å². The molecular weight excluding hydrogens is 224 g/mol. The molecule has 0 saturated carbocycles. The van der Waals surface area contributed by atoms with Crippen molar-refractivity contribution in [3.63, 3.8) is 0 Å². The minimum atomic E-state index is 0.122. The lowest BCUT2D eigenvalue weighted by atomic mass is 10.2. The number of benzene rings is 1. The number of halogens is 1. The fourth-order valence-corrected chi connectivity index (χ4v) is 2.56. The van der Waals surface area contributed by atoms with Crippen LogP contribution in [0.15, 0.2) is 24.3 Å². The van der Waals surface area contributed by atoms with Crippen molar-refractivity contribution in [2.45, 2.75) is 5.75 Å². The Bertz CT molecular complexity index is 304. The molecular formula is C8H9ClN2S2. The van der Waals surface area contributed by atoms with Crippen LogP contribution in [0.3, 0.4) is 0 Å². The van der Waals surface area contributed by atoms with Crippen LogP contribution >= 0.6 is 33.2 Å². The summed E-state index contributed by atoms with van der Waals surface area (Å²) in [5.41, 5.74) is 6.26. The van der Waals surface area contributed by atoms with Gasteiger partial charge in [-0.3, -0.25) is 5.41 Å². The summed E-state index contributed by atoms with van der Waals surface area (Å²) in [6, 6.07) is 7.67. The van der Waals surface area contributed by atoms with Crippen LogP contribution in [0.5, 0.6) is 0 Å². The second-order valence-corrected chi connectivity index (χ2v) is 5.05. The van der Waals surface area contributed by atoms with E-state index in [4.69, 9.17) is 22.7 Å². The maximum absolute atomic E-state index is 7.00. The van der Waals surface area contributed by atoms with Crippen LogP contribution in [0.4, 0.5) is 0 Å². The molecule has 0 bridgehead atoms. The Morgan fingerprint density at radius 2 is 2.15 bits per heavy atom. The van der Waals surface area contributed by atoms with E-state index in [1.54, 1.807) is 0 Å². The van der Waals surface area contributed by atoms with Gasteiger partial charge in [-0.2, -0.15) is 0 Å². The van der Waals surface area contributed by atoms with Gasteiger partial charge < -0.3 is 5.73 Å². The molecule has 0 aliphatic heterocycles. The Labute approximate surface area is 90.1 Å². The Kier molecular flexibility index (Phi) is 4.48. The highest BCUT2D eigenvalue weighted by molar-refractivity contribution is 8.81. The topological polar surface area (TPSA) is 49.9 Å². The van der Waals surface area contributed by atoms with Gasteiger partial charge in [0, 0.05) is 10.8 Å². The molecule has 0 saturated heterocycles. The van der Waals surface area contributed by atoms with E-state index in [-0.39, 0.29) is 5.17 Å². The summed E-state index contributed by atoms with van der Waals surface area (Å²) in [6.45, 7) is 0. The van der Waals surface area contributed by atoms with E-state index in [0.29, 0.717) is 0 Å². The molecule has 0 fully saturated rings. The molecule has 3 N–H and O–H groups in total. The zero-order chi connectivity index (χ0) is 9.68. The number of nitrogens with two attached hydrogens (primary N) is 1.